The molecule has 0 spiro atoms. The molecule has 2 saturated carbocycles. The Morgan fingerprint density at radius 3 is 2.45 bits per heavy atom. The van der Waals surface area contributed by atoms with E-state index in [1.54, 1.807) is 6.07 Å². The van der Waals surface area contributed by atoms with Crippen LogP contribution in [0.15, 0.2) is 53.6 Å². The van der Waals surface area contributed by atoms with Gasteiger partial charge in [0, 0.05) is 11.8 Å². The van der Waals surface area contributed by atoms with E-state index >= 15 is 0 Å². The van der Waals surface area contributed by atoms with Crippen molar-refractivity contribution in [2.75, 3.05) is 0 Å². The highest BCUT2D eigenvalue weighted by molar-refractivity contribution is 5.43. The number of hydrogen-bond donors (Lipinski definition) is 0. The lowest BCUT2D eigenvalue weighted by Gasteiger charge is -2.21. The van der Waals surface area contributed by atoms with Crippen molar-refractivity contribution in [1.82, 2.24) is 0 Å². The quantitative estimate of drug-likeness (QED) is 0.359. The summed E-state index contributed by atoms with van der Waals surface area (Å²) in [6, 6.07) is 14.4. The zero-order chi connectivity index (χ0) is 20.4. The Kier molecular flexibility index (Phi) is 5.91. The number of halogens is 1. The van der Waals surface area contributed by atoms with Crippen LogP contribution in [0.1, 0.15) is 74.1 Å². The molecule has 1 heteroatoms. The molecule has 0 amide bonds. The molecule has 0 aromatic heterocycles. The first-order valence-corrected chi connectivity index (χ1v) is 11.0. The van der Waals surface area contributed by atoms with E-state index in [-0.39, 0.29) is 11.7 Å². The van der Waals surface area contributed by atoms with Crippen molar-refractivity contribution in [1.29, 1.82) is 0 Å². The molecule has 1 atom stereocenters. The third-order valence-corrected chi connectivity index (χ3v) is 6.36. The maximum atomic E-state index is 14.3. The third kappa shape index (κ3) is 5.39. The van der Waals surface area contributed by atoms with Gasteiger partial charge in [-0.05, 0) is 81.5 Å². The number of rotatable bonds is 6. The molecule has 4 rings (SSSR count). The van der Waals surface area contributed by atoms with Gasteiger partial charge in [-0.3, -0.25) is 0 Å². The van der Waals surface area contributed by atoms with E-state index in [1.165, 1.54) is 47.1 Å². The van der Waals surface area contributed by atoms with Crippen LogP contribution >= 0.6 is 0 Å². The lowest BCUT2D eigenvalue weighted by atomic mass is 9.84. The first-order chi connectivity index (χ1) is 14.0. The number of aryl methyl sites for hydroxylation is 1. The van der Waals surface area contributed by atoms with Crippen LogP contribution in [0.5, 0.6) is 0 Å². The minimum Gasteiger partial charge on any atom is -0.206 e. The molecular formula is C28H31F. The van der Waals surface area contributed by atoms with Crippen molar-refractivity contribution in [3.05, 3.63) is 81.7 Å². The molecule has 2 aliphatic rings. The van der Waals surface area contributed by atoms with Gasteiger partial charge in [0.2, 0.25) is 0 Å². The zero-order valence-corrected chi connectivity index (χ0v) is 17.9. The summed E-state index contributed by atoms with van der Waals surface area (Å²) in [7, 11) is 0. The van der Waals surface area contributed by atoms with Crippen LogP contribution in [0.3, 0.4) is 0 Å². The average Bonchev–Trinajstić information content (AvgIpc) is 3.62. The Hall–Kier alpha value is -2.33. The topological polar surface area (TPSA) is 0 Å². The van der Waals surface area contributed by atoms with Crippen LogP contribution in [0.2, 0.25) is 0 Å². The molecule has 0 bridgehead atoms. The van der Waals surface area contributed by atoms with E-state index in [9.17, 15) is 4.39 Å². The van der Waals surface area contributed by atoms with Gasteiger partial charge in [-0.1, -0.05) is 65.8 Å². The van der Waals surface area contributed by atoms with Crippen LogP contribution < -0.4 is 0 Å². The van der Waals surface area contributed by atoms with Gasteiger partial charge in [0.1, 0.15) is 5.82 Å². The van der Waals surface area contributed by atoms with E-state index in [2.05, 4.69) is 56.9 Å². The largest absolute Gasteiger partial charge is 0.206 e. The number of allylic oxidation sites excluding steroid dienone is 2. The SMILES string of the molecule is C/C(CC1CC1)=C(/Cc1ccc(C)cc1)C(C)c1ccc(F)c(C#CC2CC2)c1. The lowest BCUT2D eigenvalue weighted by Crippen LogP contribution is -2.06. The van der Waals surface area contributed by atoms with E-state index in [0.29, 0.717) is 11.5 Å². The molecule has 2 aliphatic carbocycles. The molecule has 0 saturated heterocycles. The molecule has 150 valence electrons. The van der Waals surface area contributed by atoms with Crippen molar-refractivity contribution in [2.45, 2.75) is 65.2 Å². The maximum Gasteiger partial charge on any atom is 0.138 e. The van der Waals surface area contributed by atoms with Crippen molar-refractivity contribution in [3.8, 4) is 11.8 Å². The third-order valence-electron chi connectivity index (χ3n) is 6.36. The van der Waals surface area contributed by atoms with E-state index < -0.39 is 0 Å². The Balaban J connectivity index is 1.63. The van der Waals surface area contributed by atoms with Gasteiger partial charge in [0.05, 0.1) is 5.56 Å². The van der Waals surface area contributed by atoms with Gasteiger partial charge in [0.15, 0.2) is 0 Å². The molecule has 2 aromatic carbocycles. The fourth-order valence-electron chi connectivity index (χ4n) is 4.00. The van der Waals surface area contributed by atoms with E-state index in [1.807, 2.05) is 12.1 Å². The van der Waals surface area contributed by atoms with Crippen molar-refractivity contribution in [2.24, 2.45) is 11.8 Å². The summed E-state index contributed by atoms with van der Waals surface area (Å²) in [5.41, 5.74) is 7.35. The molecule has 0 heterocycles. The van der Waals surface area contributed by atoms with Gasteiger partial charge in [0.25, 0.3) is 0 Å². The predicted molar refractivity (Wildman–Crippen MR) is 119 cm³/mol. The standard InChI is InChI=1S/C28H31F/c1-19-4-6-24(7-5-19)17-27(20(2)16-23-10-11-23)21(3)25-14-15-28(29)26(18-25)13-12-22-8-9-22/h4-7,14-15,18,21-23H,8-11,16-17H2,1-3H3/b27-20+. The van der Waals surface area contributed by atoms with Gasteiger partial charge in [-0.25, -0.2) is 4.39 Å². The van der Waals surface area contributed by atoms with Crippen LogP contribution in [0, 0.1) is 36.4 Å². The lowest BCUT2D eigenvalue weighted by molar-refractivity contribution is 0.622. The first-order valence-electron chi connectivity index (χ1n) is 11.0. The van der Waals surface area contributed by atoms with Gasteiger partial charge in [-0.2, -0.15) is 0 Å². The highest BCUT2D eigenvalue weighted by Gasteiger charge is 2.24. The van der Waals surface area contributed by atoms with E-state index in [4.69, 9.17) is 0 Å². The fraction of sp³-hybridized carbons (Fsp3) is 0.429. The molecular weight excluding hydrogens is 355 g/mol. The predicted octanol–water partition coefficient (Wildman–Crippen LogP) is 7.36. The zero-order valence-electron chi connectivity index (χ0n) is 17.9. The molecule has 0 aliphatic heterocycles. The van der Waals surface area contributed by atoms with Crippen molar-refractivity contribution < 1.29 is 4.39 Å². The molecule has 29 heavy (non-hydrogen) atoms. The summed E-state index contributed by atoms with van der Waals surface area (Å²) in [5, 5.41) is 0. The Labute approximate surface area is 175 Å². The molecule has 2 aromatic rings. The highest BCUT2D eigenvalue weighted by Crippen LogP contribution is 2.39. The maximum absolute atomic E-state index is 14.3. The fourth-order valence-corrected chi connectivity index (χ4v) is 4.00. The normalized spacial score (nSPS) is 17.9. The van der Waals surface area contributed by atoms with Gasteiger partial charge >= 0.3 is 0 Å². The smallest absolute Gasteiger partial charge is 0.138 e. The second-order valence-electron chi connectivity index (χ2n) is 9.12. The number of benzene rings is 2. The minimum atomic E-state index is -0.201. The monoisotopic (exact) mass is 386 g/mol. The summed E-state index contributed by atoms with van der Waals surface area (Å²) in [4.78, 5) is 0. The molecule has 0 radical (unpaired) electrons. The second kappa shape index (κ2) is 8.58. The summed E-state index contributed by atoms with van der Waals surface area (Å²) in [5.74, 6) is 7.71. The summed E-state index contributed by atoms with van der Waals surface area (Å²) in [6.45, 7) is 6.70. The highest BCUT2D eigenvalue weighted by atomic mass is 19.1. The summed E-state index contributed by atoms with van der Waals surface area (Å²) in [6.07, 6.45) is 7.20. The van der Waals surface area contributed by atoms with Crippen LogP contribution in [-0.4, -0.2) is 0 Å². The Morgan fingerprint density at radius 1 is 1.07 bits per heavy atom. The molecule has 1 unspecified atom stereocenters. The van der Waals surface area contributed by atoms with Crippen molar-refractivity contribution >= 4 is 0 Å². The van der Waals surface area contributed by atoms with Crippen molar-refractivity contribution in [3.63, 3.8) is 0 Å². The minimum absolute atomic E-state index is 0.201. The van der Waals surface area contributed by atoms with E-state index in [0.717, 1.165) is 25.2 Å². The van der Waals surface area contributed by atoms with Gasteiger partial charge in [-0.15, -0.1) is 0 Å². The first kappa shape index (κ1) is 20.0. The summed E-state index contributed by atoms with van der Waals surface area (Å²) >= 11 is 0. The Bertz CT molecular complexity index is 960. The summed E-state index contributed by atoms with van der Waals surface area (Å²) < 4.78 is 14.3. The molecule has 0 nitrogen and oxygen atoms in total. The molecule has 2 fully saturated rings. The second-order valence-corrected chi connectivity index (χ2v) is 9.12. The Morgan fingerprint density at radius 2 is 1.79 bits per heavy atom. The van der Waals surface area contributed by atoms with Gasteiger partial charge < -0.3 is 0 Å². The van der Waals surface area contributed by atoms with Crippen LogP contribution in [0.25, 0.3) is 0 Å². The number of hydrogen-bond acceptors (Lipinski definition) is 0. The van der Waals surface area contributed by atoms with Crippen LogP contribution in [-0.2, 0) is 6.42 Å². The average molecular weight is 387 g/mol. The van der Waals surface area contributed by atoms with Crippen LogP contribution in [0.4, 0.5) is 4.39 Å². The molecule has 0 N–H and O–H groups in total.